The number of carboxylic acid groups (broad SMARTS) is 1. The van der Waals surface area contributed by atoms with E-state index in [4.69, 9.17) is 9.84 Å². The number of amides is 2. The maximum absolute atomic E-state index is 11.6. The Labute approximate surface area is 110 Å². The van der Waals surface area contributed by atoms with Crippen molar-refractivity contribution in [2.24, 2.45) is 0 Å². The van der Waals surface area contributed by atoms with Gasteiger partial charge in [0.1, 0.15) is 6.04 Å². The third-order valence-corrected chi connectivity index (χ3v) is 2.73. The van der Waals surface area contributed by atoms with Crippen LogP contribution in [-0.4, -0.2) is 55.5 Å². The van der Waals surface area contributed by atoms with Gasteiger partial charge in [-0.05, 0) is 12.8 Å². The van der Waals surface area contributed by atoms with E-state index in [0.29, 0.717) is 19.6 Å². The predicted molar refractivity (Wildman–Crippen MR) is 63.6 cm³/mol. The van der Waals surface area contributed by atoms with Crippen LogP contribution in [0.1, 0.15) is 19.3 Å². The van der Waals surface area contributed by atoms with Crippen molar-refractivity contribution in [2.75, 3.05) is 20.3 Å². The third kappa shape index (κ3) is 5.56. The Morgan fingerprint density at radius 2 is 2.21 bits per heavy atom. The molecule has 1 rings (SSSR count). The lowest BCUT2D eigenvalue weighted by Crippen LogP contribution is -2.49. The zero-order chi connectivity index (χ0) is 14.3. The quantitative estimate of drug-likeness (QED) is 0.562. The van der Waals surface area contributed by atoms with Gasteiger partial charge in [-0.25, -0.2) is 9.59 Å². The van der Waals surface area contributed by atoms with E-state index in [1.807, 2.05) is 0 Å². The Hall–Kier alpha value is -1.83. The molecular weight excluding hydrogens is 256 g/mol. The molecule has 0 saturated carbocycles. The van der Waals surface area contributed by atoms with Gasteiger partial charge >= 0.3 is 18.0 Å². The van der Waals surface area contributed by atoms with Crippen LogP contribution in [0.3, 0.4) is 0 Å². The number of esters is 1. The molecule has 8 nitrogen and oxygen atoms in total. The van der Waals surface area contributed by atoms with Crippen LogP contribution in [-0.2, 0) is 19.1 Å². The number of rotatable bonds is 6. The molecule has 108 valence electrons. The molecule has 1 heterocycles. The zero-order valence-corrected chi connectivity index (χ0v) is 10.7. The van der Waals surface area contributed by atoms with Gasteiger partial charge in [0.2, 0.25) is 0 Å². The second-order valence-electron chi connectivity index (χ2n) is 4.18. The van der Waals surface area contributed by atoms with Crippen molar-refractivity contribution in [3.63, 3.8) is 0 Å². The molecule has 8 heteroatoms. The number of hydrogen-bond acceptors (Lipinski definition) is 5. The number of methoxy groups -OCH3 is 1. The first-order valence-corrected chi connectivity index (χ1v) is 5.97. The zero-order valence-electron chi connectivity index (χ0n) is 10.7. The fourth-order valence-electron chi connectivity index (χ4n) is 1.66. The minimum absolute atomic E-state index is 0.0173. The van der Waals surface area contributed by atoms with Crippen LogP contribution in [0.2, 0.25) is 0 Å². The molecule has 0 aliphatic carbocycles. The molecule has 0 radical (unpaired) electrons. The summed E-state index contributed by atoms with van der Waals surface area (Å²) in [4.78, 5) is 33.5. The van der Waals surface area contributed by atoms with E-state index < -0.39 is 24.0 Å². The molecule has 1 aliphatic rings. The van der Waals surface area contributed by atoms with Crippen LogP contribution in [0, 0.1) is 0 Å². The SMILES string of the molecule is COC(=O)CC[C@H](NC(=O)NC1CCOC1)C(=O)O. The number of carboxylic acids is 1. The van der Waals surface area contributed by atoms with Gasteiger partial charge in [0.25, 0.3) is 0 Å². The van der Waals surface area contributed by atoms with Gasteiger partial charge in [0.15, 0.2) is 0 Å². The molecule has 2 amide bonds. The highest BCUT2D eigenvalue weighted by atomic mass is 16.5. The highest BCUT2D eigenvalue weighted by molar-refractivity contribution is 5.83. The summed E-state index contributed by atoms with van der Waals surface area (Å²) < 4.78 is 9.50. The van der Waals surface area contributed by atoms with Crippen molar-refractivity contribution in [1.29, 1.82) is 0 Å². The first-order valence-electron chi connectivity index (χ1n) is 5.97. The molecule has 0 aromatic rings. The second kappa shape index (κ2) is 7.57. The lowest BCUT2D eigenvalue weighted by atomic mass is 10.1. The summed E-state index contributed by atoms with van der Waals surface area (Å²) in [6.45, 7) is 1.00. The Morgan fingerprint density at radius 3 is 2.74 bits per heavy atom. The van der Waals surface area contributed by atoms with E-state index in [1.54, 1.807) is 0 Å². The van der Waals surface area contributed by atoms with Gasteiger partial charge in [-0.2, -0.15) is 0 Å². The lowest BCUT2D eigenvalue weighted by Gasteiger charge is -2.16. The number of carbonyl (C=O) groups is 3. The molecule has 0 bridgehead atoms. The average Bonchev–Trinajstić information content (AvgIpc) is 2.86. The molecule has 3 N–H and O–H groups in total. The Bertz CT molecular complexity index is 340. The summed E-state index contributed by atoms with van der Waals surface area (Å²) in [5, 5.41) is 13.9. The average molecular weight is 274 g/mol. The van der Waals surface area contributed by atoms with Gasteiger partial charge in [-0.15, -0.1) is 0 Å². The number of urea groups is 1. The number of nitrogens with one attached hydrogen (secondary N) is 2. The van der Waals surface area contributed by atoms with E-state index in [2.05, 4.69) is 15.4 Å². The van der Waals surface area contributed by atoms with Crippen LogP contribution in [0.5, 0.6) is 0 Å². The molecular formula is C11H18N2O6. The van der Waals surface area contributed by atoms with Gasteiger partial charge in [0.05, 0.1) is 19.8 Å². The fourth-order valence-corrected chi connectivity index (χ4v) is 1.66. The predicted octanol–water partition coefficient (Wildman–Crippen LogP) is -0.519. The fraction of sp³-hybridized carbons (Fsp3) is 0.727. The Balaban J connectivity index is 2.36. The number of carbonyl (C=O) groups excluding carboxylic acids is 2. The molecule has 0 aromatic heterocycles. The molecule has 1 fully saturated rings. The van der Waals surface area contributed by atoms with Crippen LogP contribution >= 0.6 is 0 Å². The largest absolute Gasteiger partial charge is 0.480 e. The van der Waals surface area contributed by atoms with E-state index in [0.717, 1.165) is 0 Å². The van der Waals surface area contributed by atoms with Crippen molar-refractivity contribution in [1.82, 2.24) is 10.6 Å². The van der Waals surface area contributed by atoms with Crippen molar-refractivity contribution < 1.29 is 29.0 Å². The maximum Gasteiger partial charge on any atom is 0.326 e. The summed E-state index contributed by atoms with van der Waals surface area (Å²) in [5.41, 5.74) is 0. The molecule has 1 unspecified atom stereocenters. The Morgan fingerprint density at radius 1 is 1.47 bits per heavy atom. The van der Waals surface area contributed by atoms with E-state index in [-0.39, 0.29) is 18.9 Å². The van der Waals surface area contributed by atoms with Crippen molar-refractivity contribution in [2.45, 2.75) is 31.3 Å². The van der Waals surface area contributed by atoms with E-state index >= 15 is 0 Å². The second-order valence-corrected chi connectivity index (χ2v) is 4.18. The maximum atomic E-state index is 11.6. The number of hydrogen-bond donors (Lipinski definition) is 3. The minimum atomic E-state index is -1.19. The summed E-state index contributed by atoms with van der Waals surface area (Å²) in [7, 11) is 1.22. The summed E-state index contributed by atoms with van der Waals surface area (Å²) in [5.74, 6) is -1.71. The van der Waals surface area contributed by atoms with Gasteiger partial charge in [0, 0.05) is 13.0 Å². The Kier molecular flexibility index (Phi) is 6.07. The van der Waals surface area contributed by atoms with Gasteiger partial charge < -0.3 is 25.2 Å². The normalized spacial score (nSPS) is 19.5. The van der Waals surface area contributed by atoms with Crippen molar-refractivity contribution in [3.05, 3.63) is 0 Å². The standard InChI is InChI=1S/C11H18N2O6/c1-18-9(14)3-2-8(10(15)16)13-11(17)12-7-4-5-19-6-7/h7-8H,2-6H2,1H3,(H,15,16)(H2,12,13,17)/t7?,8-/m0/s1. The first-order chi connectivity index (χ1) is 9.02. The van der Waals surface area contributed by atoms with Crippen LogP contribution in [0.4, 0.5) is 4.79 Å². The summed E-state index contributed by atoms with van der Waals surface area (Å²) in [6.07, 6.45) is 0.615. The first kappa shape index (κ1) is 15.2. The van der Waals surface area contributed by atoms with Gasteiger partial charge in [-0.1, -0.05) is 0 Å². The minimum Gasteiger partial charge on any atom is -0.480 e. The number of ether oxygens (including phenoxy) is 2. The summed E-state index contributed by atoms with van der Waals surface area (Å²) in [6, 6.07) is -1.80. The van der Waals surface area contributed by atoms with Crippen LogP contribution in [0.15, 0.2) is 0 Å². The highest BCUT2D eigenvalue weighted by Crippen LogP contribution is 2.04. The molecule has 0 aromatic carbocycles. The topological polar surface area (TPSA) is 114 Å². The molecule has 0 spiro atoms. The van der Waals surface area contributed by atoms with Crippen LogP contribution < -0.4 is 10.6 Å². The monoisotopic (exact) mass is 274 g/mol. The lowest BCUT2D eigenvalue weighted by molar-refractivity contribution is -0.142. The number of aliphatic carboxylic acids is 1. The van der Waals surface area contributed by atoms with Crippen molar-refractivity contribution in [3.8, 4) is 0 Å². The molecule has 1 aliphatic heterocycles. The van der Waals surface area contributed by atoms with E-state index in [1.165, 1.54) is 7.11 Å². The molecule has 19 heavy (non-hydrogen) atoms. The van der Waals surface area contributed by atoms with Crippen molar-refractivity contribution >= 4 is 18.0 Å². The summed E-state index contributed by atoms with van der Waals surface area (Å²) >= 11 is 0. The smallest absolute Gasteiger partial charge is 0.326 e. The highest BCUT2D eigenvalue weighted by Gasteiger charge is 2.23. The van der Waals surface area contributed by atoms with Crippen LogP contribution in [0.25, 0.3) is 0 Å². The van der Waals surface area contributed by atoms with E-state index in [9.17, 15) is 14.4 Å². The third-order valence-electron chi connectivity index (χ3n) is 2.73. The van der Waals surface area contributed by atoms with Gasteiger partial charge in [-0.3, -0.25) is 4.79 Å². The molecule has 1 saturated heterocycles. The molecule has 2 atom stereocenters.